The molecule has 0 saturated heterocycles. The van der Waals surface area contributed by atoms with Crippen LogP contribution in [0, 0.1) is 6.92 Å². The Morgan fingerprint density at radius 1 is 1.54 bits per heavy atom. The maximum absolute atomic E-state index is 10.8. The Morgan fingerprint density at radius 3 is 2.77 bits per heavy atom. The van der Waals surface area contributed by atoms with E-state index in [2.05, 4.69) is 11.9 Å². The van der Waals surface area contributed by atoms with Crippen LogP contribution in [0.1, 0.15) is 41.8 Å². The summed E-state index contributed by atoms with van der Waals surface area (Å²) >= 11 is 0. The van der Waals surface area contributed by atoms with Gasteiger partial charge in [-0.3, -0.25) is 4.79 Å². The van der Waals surface area contributed by atoms with Crippen LogP contribution in [0.25, 0.3) is 0 Å². The molecule has 0 bridgehead atoms. The van der Waals surface area contributed by atoms with E-state index >= 15 is 0 Å². The topological polar surface area (TPSA) is 34.9 Å². The van der Waals surface area contributed by atoms with Gasteiger partial charge < -0.3 is 4.57 Å². The molecule has 0 aliphatic carbocycles. The maximum atomic E-state index is 10.8. The summed E-state index contributed by atoms with van der Waals surface area (Å²) in [5.41, 5.74) is 1.67. The molecular formula is C10H16N2O. The van der Waals surface area contributed by atoms with Crippen LogP contribution in [-0.4, -0.2) is 15.8 Å². The zero-order valence-corrected chi connectivity index (χ0v) is 8.50. The highest BCUT2D eigenvalue weighted by molar-refractivity contribution is 5.74. The van der Waals surface area contributed by atoms with E-state index in [1.165, 1.54) is 0 Å². The molecule has 0 atom stereocenters. The van der Waals surface area contributed by atoms with Crippen molar-refractivity contribution in [2.45, 2.75) is 33.1 Å². The second-order valence-corrected chi connectivity index (χ2v) is 3.27. The SMILES string of the molecule is CCCCc1nc(C)n(C)c1C=O. The highest BCUT2D eigenvalue weighted by Gasteiger charge is 2.09. The summed E-state index contributed by atoms with van der Waals surface area (Å²) in [5, 5.41) is 0. The van der Waals surface area contributed by atoms with Crippen molar-refractivity contribution in [3.05, 3.63) is 17.2 Å². The predicted octanol–water partition coefficient (Wildman–Crippen LogP) is 1.88. The molecule has 0 N–H and O–H groups in total. The van der Waals surface area contributed by atoms with E-state index in [-0.39, 0.29) is 0 Å². The van der Waals surface area contributed by atoms with Gasteiger partial charge in [-0.25, -0.2) is 4.98 Å². The van der Waals surface area contributed by atoms with Crippen LogP contribution in [0.3, 0.4) is 0 Å². The van der Waals surface area contributed by atoms with Crippen LogP contribution >= 0.6 is 0 Å². The van der Waals surface area contributed by atoms with E-state index in [9.17, 15) is 4.79 Å². The second kappa shape index (κ2) is 4.21. The molecule has 1 heterocycles. The van der Waals surface area contributed by atoms with Crippen molar-refractivity contribution >= 4 is 6.29 Å². The molecule has 0 saturated carbocycles. The van der Waals surface area contributed by atoms with E-state index in [0.29, 0.717) is 0 Å². The fourth-order valence-corrected chi connectivity index (χ4v) is 1.37. The average Bonchev–Trinajstić information content (AvgIpc) is 2.39. The third-order valence-corrected chi connectivity index (χ3v) is 2.32. The van der Waals surface area contributed by atoms with Gasteiger partial charge in [-0.05, 0) is 19.8 Å². The van der Waals surface area contributed by atoms with Crippen molar-refractivity contribution in [1.82, 2.24) is 9.55 Å². The smallest absolute Gasteiger partial charge is 0.168 e. The first-order valence-corrected chi connectivity index (χ1v) is 4.68. The number of carbonyl (C=O) groups excluding carboxylic acids is 1. The normalized spacial score (nSPS) is 10.4. The Bertz CT molecular complexity index is 302. The zero-order chi connectivity index (χ0) is 9.84. The summed E-state index contributed by atoms with van der Waals surface area (Å²) in [7, 11) is 1.88. The fraction of sp³-hybridized carbons (Fsp3) is 0.600. The van der Waals surface area contributed by atoms with Gasteiger partial charge >= 0.3 is 0 Å². The van der Waals surface area contributed by atoms with E-state index in [0.717, 1.165) is 42.8 Å². The van der Waals surface area contributed by atoms with Gasteiger partial charge in [0.2, 0.25) is 0 Å². The van der Waals surface area contributed by atoms with Gasteiger partial charge in [0, 0.05) is 7.05 Å². The van der Waals surface area contributed by atoms with E-state index in [4.69, 9.17) is 0 Å². The van der Waals surface area contributed by atoms with Crippen LogP contribution in [0.15, 0.2) is 0 Å². The Labute approximate surface area is 78.8 Å². The maximum Gasteiger partial charge on any atom is 0.168 e. The standard InChI is InChI=1S/C10H16N2O/c1-4-5-6-9-10(7-13)12(3)8(2)11-9/h7H,4-6H2,1-3H3. The molecule has 0 spiro atoms. The fourth-order valence-electron chi connectivity index (χ4n) is 1.37. The van der Waals surface area contributed by atoms with Crippen molar-refractivity contribution in [1.29, 1.82) is 0 Å². The summed E-state index contributed by atoms with van der Waals surface area (Å²) in [6.45, 7) is 4.05. The van der Waals surface area contributed by atoms with Crippen LogP contribution in [0.5, 0.6) is 0 Å². The number of carbonyl (C=O) groups is 1. The molecule has 0 aliphatic heterocycles. The first kappa shape index (κ1) is 9.96. The first-order valence-electron chi connectivity index (χ1n) is 4.68. The summed E-state index contributed by atoms with van der Waals surface area (Å²) in [4.78, 5) is 15.1. The van der Waals surface area contributed by atoms with E-state index in [1.54, 1.807) is 0 Å². The number of hydrogen-bond acceptors (Lipinski definition) is 2. The first-order chi connectivity index (χ1) is 6.20. The minimum atomic E-state index is 0.728. The molecule has 1 rings (SSSR count). The van der Waals surface area contributed by atoms with Gasteiger partial charge in [-0.2, -0.15) is 0 Å². The molecule has 0 radical (unpaired) electrons. The molecule has 0 fully saturated rings. The van der Waals surface area contributed by atoms with Crippen LogP contribution in [-0.2, 0) is 13.5 Å². The molecule has 0 aliphatic rings. The van der Waals surface area contributed by atoms with Gasteiger partial charge in [0.15, 0.2) is 6.29 Å². The predicted molar refractivity (Wildman–Crippen MR) is 51.9 cm³/mol. The lowest BCUT2D eigenvalue weighted by Gasteiger charge is -1.97. The minimum absolute atomic E-state index is 0.728. The molecule has 0 unspecified atom stereocenters. The van der Waals surface area contributed by atoms with E-state index in [1.807, 2.05) is 18.5 Å². The highest BCUT2D eigenvalue weighted by atomic mass is 16.1. The van der Waals surface area contributed by atoms with Gasteiger partial charge in [0.05, 0.1) is 5.69 Å². The van der Waals surface area contributed by atoms with Crippen LogP contribution in [0.2, 0.25) is 0 Å². The third-order valence-electron chi connectivity index (χ3n) is 2.32. The average molecular weight is 180 g/mol. The molecule has 3 nitrogen and oxygen atoms in total. The minimum Gasteiger partial charge on any atom is -0.329 e. The zero-order valence-electron chi connectivity index (χ0n) is 8.50. The number of aryl methyl sites for hydroxylation is 2. The number of aromatic nitrogens is 2. The number of aldehydes is 1. The van der Waals surface area contributed by atoms with Crippen molar-refractivity contribution in [3.63, 3.8) is 0 Å². The molecule has 0 aromatic carbocycles. The summed E-state index contributed by atoms with van der Waals surface area (Å²) in [5.74, 6) is 0.910. The second-order valence-electron chi connectivity index (χ2n) is 3.27. The quantitative estimate of drug-likeness (QED) is 0.663. The van der Waals surface area contributed by atoms with E-state index < -0.39 is 0 Å². The molecular weight excluding hydrogens is 164 g/mol. The summed E-state index contributed by atoms with van der Waals surface area (Å²) < 4.78 is 1.85. The van der Waals surface area contributed by atoms with Gasteiger partial charge in [-0.1, -0.05) is 13.3 Å². The Kier molecular flexibility index (Phi) is 3.23. The number of hydrogen-bond donors (Lipinski definition) is 0. The van der Waals surface area contributed by atoms with Crippen LogP contribution < -0.4 is 0 Å². The number of rotatable bonds is 4. The molecule has 1 aromatic rings. The highest BCUT2D eigenvalue weighted by Crippen LogP contribution is 2.10. The number of unbranched alkanes of at least 4 members (excludes halogenated alkanes) is 1. The lowest BCUT2D eigenvalue weighted by atomic mass is 10.2. The van der Waals surface area contributed by atoms with Crippen molar-refractivity contribution in [3.8, 4) is 0 Å². The van der Waals surface area contributed by atoms with Crippen LogP contribution in [0.4, 0.5) is 0 Å². The Hall–Kier alpha value is -1.12. The Balaban J connectivity index is 2.92. The molecule has 0 amide bonds. The third kappa shape index (κ3) is 1.97. The van der Waals surface area contributed by atoms with Crippen molar-refractivity contribution in [2.75, 3.05) is 0 Å². The lowest BCUT2D eigenvalue weighted by Crippen LogP contribution is -1.98. The molecule has 3 heteroatoms. The number of imidazole rings is 1. The molecule has 13 heavy (non-hydrogen) atoms. The van der Waals surface area contributed by atoms with Crippen molar-refractivity contribution in [2.24, 2.45) is 7.05 Å². The largest absolute Gasteiger partial charge is 0.329 e. The summed E-state index contributed by atoms with van der Waals surface area (Å²) in [6.07, 6.45) is 4.03. The summed E-state index contributed by atoms with van der Waals surface area (Å²) in [6, 6.07) is 0. The van der Waals surface area contributed by atoms with Gasteiger partial charge in [0.25, 0.3) is 0 Å². The van der Waals surface area contributed by atoms with Gasteiger partial charge in [-0.15, -0.1) is 0 Å². The number of nitrogens with zero attached hydrogens (tertiary/aromatic N) is 2. The molecule has 1 aromatic heterocycles. The van der Waals surface area contributed by atoms with Crippen molar-refractivity contribution < 1.29 is 4.79 Å². The van der Waals surface area contributed by atoms with Gasteiger partial charge in [0.1, 0.15) is 11.5 Å². The lowest BCUT2D eigenvalue weighted by molar-refractivity contribution is 0.111. The monoisotopic (exact) mass is 180 g/mol. The Morgan fingerprint density at radius 2 is 2.23 bits per heavy atom. The molecule has 72 valence electrons.